The van der Waals surface area contributed by atoms with Crippen molar-refractivity contribution in [3.8, 4) is 28.2 Å². The molecule has 2 heteroatoms. The van der Waals surface area contributed by atoms with Crippen molar-refractivity contribution in [1.29, 1.82) is 0 Å². The summed E-state index contributed by atoms with van der Waals surface area (Å²) in [7, 11) is 0. The minimum Gasteiger partial charge on any atom is -0.309 e. The van der Waals surface area contributed by atoms with Crippen LogP contribution >= 0.6 is 15.9 Å². The summed E-state index contributed by atoms with van der Waals surface area (Å²) < 4.78 is 3.40. The van der Waals surface area contributed by atoms with E-state index in [1.165, 1.54) is 22.5 Å². The molecular formula is C22H16BrN. The topological polar surface area (TPSA) is 4.93 Å². The van der Waals surface area contributed by atoms with Gasteiger partial charge in [0.25, 0.3) is 0 Å². The van der Waals surface area contributed by atoms with Crippen LogP contribution in [0.15, 0.2) is 102 Å². The molecule has 0 saturated carbocycles. The molecule has 3 aromatic carbocycles. The average Bonchev–Trinajstić information content (AvgIpc) is 3.09. The summed E-state index contributed by atoms with van der Waals surface area (Å²) in [6.45, 7) is 0. The summed E-state index contributed by atoms with van der Waals surface area (Å²) in [5.41, 5.74) is 5.96. The van der Waals surface area contributed by atoms with Crippen LogP contribution in [0, 0.1) is 0 Å². The molecule has 0 atom stereocenters. The van der Waals surface area contributed by atoms with Gasteiger partial charge in [-0.1, -0.05) is 76.6 Å². The number of benzene rings is 3. The maximum atomic E-state index is 3.53. The first-order chi connectivity index (χ1) is 11.8. The largest absolute Gasteiger partial charge is 0.309 e. The molecule has 1 heterocycles. The van der Waals surface area contributed by atoms with Crippen LogP contribution in [0.5, 0.6) is 0 Å². The number of nitrogens with zero attached hydrogens (tertiary/aromatic N) is 1. The van der Waals surface area contributed by atoms with Gasteiger partial charge in [0.2, 0.25) is 0 Å². The van der Waals surface area contributed by atoms with Gasteiger partial charge in [-0.3, -0.25) is 0 Å². The fourth-order valence-electron chi connectivity index (χ4n) is 2.97. The molecule has 4 aromatic rings. The summed E-state index contributed by atoms with van der Waals surface area (Å²) >= 11 is 3.53. The standard InChI is InChI=1S/C22H16BrN/c23-19-11-13-20(14-12-19)24-21(17-7-3-1-4-8-17)15-16-22(24)18-9-5-2-6-10-18/h1-16H. The van der Waals surface area contributed by atoms with E-state index in [0.29, 0.717) is 0 Å². The van der Waals surface area contributed by atoms with Crippen LogP contribution in [-0.4, -0.2) is 4.57 Å². The number of halogens is 1. The highest BCUT2D eigenvalue weighted by Crippen LogP contribution is 2.32. The minimum absolute atomic E-state index is 1.08. The minimum atomic E-state index is 1.08. The van der Waals surface area contributed by atoms with Crippen LogP contribution in [0.3, 0.4) is 0 Å². The maximum Gasteiger partial charge on any atom is 0.0535 e. The third kappa shape index (κ3) is 2.81. The van der Waals surface area contributed by atoms with E-state index in [0.717, 1.165) is 10.2 Å². The first-order valence-corrected chi connectivity index (χ1v) is 8.71. The Labute approximate surface area is 150 Å². The first-order valence-electron chi connectivity index (χ1n) is 7.91. The highest BCUT2D eigenvalue weighted by atomic mass is 79.9. The predicted octanol–water partition coefficient (Wildman–Crippen LogP) is 6.57. The summed E-state index contributed by atoms with van der Waals surface area (Å²) in [5, 5.41) is 0. The zero-order chi connectivity index (χ0) is 16.4. The van der Waals surface area contributed by atoms with Crippen molar-refractivity contribution < 1.29 is 0 Å². The summed E-state index contributed by atoms with van der Waals surface area (Å²) in [6, 6.07) is 33.9. The highest BCUT2D eigenvalue weighted by Gasteiger charge is 2.13. The van der Waals surface area contributed by atoms with Gasteiger partial charge in [-0.25, -0.2) is 0 Å². The van der Waals surface area contributed by atoms with Gasteiger partial charge >= 0.3 is 0 Å². The molecule has 0 radical (unpaired) electrons. The molecule has 0 aliphatic rings. The zero-order valence-corrected chi connectivity index (χ0v) is 14.6. The third-order valence-corrected chi connectivity index (χ3v) is 4.63. The zero-order valence-electron chi connectivity index (χ0n) is 13.1. The Morgan fingerprint density at radius 2 is 0.958 bits per heavy atom. The summed E-state index contributed by atoms with van der Waals surface area (Å²) in [5.74, 6) is 0. The van der Waals surface area contributed by atoms with Crippen molar-refractivity contribution in [2.75, 3.05) is 0 Å². The Bertz CT molecular complexity index is 881. The van der Waals surface area contributed by atoms with Crippen LogP contribution in [0.4, 0.5) is 0 Å². The lowest BCUT2D eigenvalue weighted by atomic mass is 10.1. The van der Waals surface area contributed by atoms with Gasteiger partial charge in [0.15, 0.2) is 0 Å². The molecule has 0 N–H and O–H groups in total. The van der Waals surface area contributed by atoms with Gasteiger partial charge in [-0.05, 0) is 47.5 Å². The van der Waals surface area contributed by atoms with Crippen molar-refractivity contribution in [2.45, 2.75) is 0 Å². The second-order valence-electron chi connectivity index (χ2n) is 5.65. The van der Waals surface area contributed by atoms with Crippen LogP contribution in [-0.2, 0) is 0 Å². The van der Waals surface area contributed by atoms with E-state index >= 15 is 0 Å². The Hall–Kier alpha value is -2.58. The Kier molecular flexibility index (Phi) is 4.06. The molecule has 0 spiro atoms. The number of hydrogen-bond acceptors (Lipinski definition) is 0. The number of aromatic nitrogens is 1. The van der Waals surface area contributed by atoms with Crippen LogP contribution in [0.25, 0.3) is 28.2 Å². The molecule has 4 rings (SSSR count). The molecule has 0 aliphatic carbocycles. The van der Waals surface area contributed by atoms with Crippen molar-refractivity contribution >= 4 is 15.9 Å². The quantitative estimate of drug-likeness (QED) is 0.382. The van der Waals surface area contributed by atoms with E-state index in [9.17, 15) is 0 Å². The van der Waals surface area contributed by atoms with Gasteiger partial charge in [0, 0.05) is 10.2 Å². The Morgan fingerprint density at radius 3 is 1.42 bits per heavy atom. The van der Waals surface area contributed by atoms with Gasteiger partial charge < -0.3 is 4.57 Å². The SMILES string of the molecule is Brc1ccc(-n2c(-c3ccccc3)ccc2-c2ccccc2)cc1. The predicted molar refractivity (Wildman–Crippen MR) is 104 cm³/mol. The molecule has 0 bridgehead atoms. The van der Waals surface area contributed by atoms with Crippen molar-refractivity contribution in [2.24, 2.45) is 0 Å². The van der Waals surface area contributed by atoms with Gasteiger partial charge in [-0.15, -0.1) is 0 Å². The highest BCUT2D eigenvalue weighted by molar-refractivity contribution is 9.10. The Balaban J connectivity index is 1.96. The normalized spacial score (nSPS) is 10.7. The molecule has 24 heavy (non-hydrogen) atoms. The fraction of sp³-hybridized carbons (Fsp3) is 0. The van der Waals surface area contributed by atoms with E-state index < -0.39 is 0 Å². The van der Waals surface area contributed by atoms with Crippen LogP contribution in [0.1, 0.15) is 0 Å². The van der Waals surface area contributed by atoms with Crippen LogP contribution in [0.2, 0.25) is 0 Å². The summed E-state index contributed by atoms with van der Waals surface area (Å²) in [6.07, 6.45) is 0. The average molecular weight is 374 g/mol. The van der Waals surface area contributed by atoms with Crippen molar-refractivity contribution in [1.82, 2.24) is 4.57 Å². The molecule has 0 unspecified atom stereocenters. The molecule has 1 nitrogen and oxygen atoms in total. The van der Waals surface area contributed by atoms with Gasteiger partial charge in [0.1, 0.15) is 0 Å². The second-order valence-corrected chi connectivity index (χ2v) is 6.56. The third-order valence-electron chi connectivity index (χ3n) is 4.10. The Morgan fingerprint density at radius 1 is 0.500 bits per heavy atom. The van der Waals surface area contributed by atoms with E-state index in [1.807, 2.05) is 0 Å². The molecule has 0 amide bonds. The molecule has 0 fully saturated rings. The monoisotopic (exact) mass is 373 g/mol. The fourth-order valence-corrected chi connectivity index (χ4v) is 3.24. The molecular weight excluding hydrogens is 358 g/mol. The number of rotatable bonds is 3. The maximum absolute atomic E-state index is 3.53. The molecule has 0 saturated heterocycles. The summed E-state index contributed by atoms with van der Waals surface area (Å²) in [4.78, 5) is 0. The van der Waals surface area contributed by atoms with E-state index in [-0.39, 0.29) is 0 Å². The van der Waals surface area contributed by atoms with E-state index in [4.69, 9.17) is 0 Å². The molecule has 116 valence electrons. The van der Waals surface area contributed by atoms with E-state index in [1.54, 1.807) is 0 Å². The van der Waals surface area contributed by atoms with Gasteiger partial charge in [-0.2, -0.15) is 0 Å². The smallest absolute Gasteiger partial charge is 0.0535 e. The molecule has 1 aromatic heterocycles. The molecule has 0 aliphatic heterocycles. The lowest BCUT2D eigenvalue weighted by molar-refractivity contribution is 1.09. The second kappa shape index (κ2) is 6.50. The lowest BCUT2D eigenvalue weighted by Crippen LogP contribution is -1.99. The van der Waals surface area contributed by atoms with Gasteiger partial charge in [0.05, 0.1) is 11.4 Å². The van der Waals surface area contributed by atoms with Crippen molar-refractivity contribution in [3.63, 3.8) is 0 Å². The van der Waals surface area contributed by atoms with E-state index in [2.05, 4.69) is 118 Å². The lowest BCUT2D eigenvalue weighted by Gasteiger charge is -2.14. The first kappa shape index (κ1) is 15.0. The number of hydrogen-bond donors (Lipinski definition) is 0. The van der Waals surface area contributed by atoms with Crippen LogP contribution < -0.4 is 0 Å². The van der Waals surface area contributed by atoms with Crippen molar-refractivity contribution in [3.05, 3.63) is 102 Å².